The molecular formula is C16H18N2O3. The van der Waals surface area contributed by atoms with E-state index in [9.17, 15) is 9.59 Å². The minimum atomic E-state index is -0.389. The third-order valence-corrected chi connectivity index (χ3v) is 4.14. The molecule has 0 N–H and O–H groups in total. The van der Waals surface area contributed by atoms with E-state index < -0.39 is 0 Å². The monoisotopic (exact) mass is 286 g/mol. The van der Waals surface area contributed by atoms with Gasteiger partial charge in [0.1, 0.15) is 11.8 Å². The predicted molar refractivity (Wildman–Crippen MR) is 80.0 cm³/mol. The molecule has 0 spiro atoms. The predicted octanol–water partition coefficient (Wildman–Crippen LogP) is 2.08. The number of Topliss-reactive ketones (excluding diaryl/α,β-unsaturated/α-hetero) is 1. The maximum atomic E-state index is 12.2. The van der Waals surface area contributed by atoms with Gasteiger partial charge in [0, 0.05) is 14.0 Å². The molecule has 0 fully saturated rings. The van der Waals surface area contributed by atoms with E-state index in [1.165, 1.54) is 13.8 Å². The smallest absolute Gasteiger partial charge is 0.224 e. The number of hydrogen-bond acceptors (Lipinski definition) is 4. The van der Waals surface area contributed by atoms with Gasteiger partial charge < -0.3 is 9.64 Å². The first-order chi connectivity index (χ1) is 9.93. The van der Waals surface area contributed by atoms with Crippen molar-refractivity contribution in [2.75, 3.05) is 16.8 Å². The minimum absolute atomic E-state index is 0.0565. The fraction of sp³-hybridized carbons (Fsp3) is 0.375. The van der Waals surface area contributed by atoms with Crippen LogP contribution >= 0.6 is 0 Å². The Balaban J connectivity index is 2.21. The van der Waals surface area contributed by atoms with E-state index in [4.69, 9.17) is 4.74 Å². The molecule has 5 nitrogen and oxygen atoms in total. The van der Waals surface area contributed by atoms with Crippen molar-refractivity contribution in [1.82, 2.24) is 0 Å². The summed E-state index contributed by atoms with van der Waals surface area (Å²) in [5, 5.41) is 0. The first-order valence-corrected chi connectivity index (χ1v) is 6.93. The second kappa shape index (κ2) is 4.62. The molecule has 3 rings (SSSR count). The van der Waals surface area contributed by atoms with Gasteiger partial charge in [-0.1, -0.05) is 12.1 Å². The summed E-state index contributed by atoms with van der Waals surface area (Å²) in [6.07, 6.45) is -0.359. The number of fused-ring (bicyclic) bond motifs is 2. The number of carbonyl (C=O) groups is 2. The Morgan fingerprint density at radius 2 is 1.76 bits per heavy atom. The lowest BCUT2D eigenvalue weighted by Crippen LogP contribution is -2.56. The molecule has 0 bridgehead atoms. The van der Waals surface area contributed by atoms with E-state index in [1.54, 1.807) is 11.8 Å². The first kappa shape index (κ1) is 13.7. The molecule has 0 radical (unpaired) electrons. The molecule has 21 heavy (non-hydrogen) atoms. The van der Waals surface area contributed by atoms with E-state index >= 15 is 0 Å². The molecule has 2 heterocycles. The summed E-state index contributed by atoms with van der Waals surface area (Å²) >= 11 is 0. The Morgan fingerprint density at radius 3 is 2.33 bits per heavy atom. The lowest BCUT2D eigenvalue weighted by molar-refractivity contribution is -0.117. The van der Waals surface area contributed by atoms with Crippen LogP contribution in [0.4, 0.5) is 11.4 Å². The zero-order valence-corrected chi connectivity index (χ0v) is 12.6. The number of ether oxygens (including phenoxy) is 1. The number of benzene rings is 1. The summed E-state index contributed by atoms with van der Waals surface area (Å²) in [5.41, 5.74) is 2.31. The van der Waals surface area contributed by atoms with Crippen LogP contribution in [0, 0.1) is 0 Å². The zero-order valence-electron chi connectivity index (χ0n) is 12.6. The number of allylic oxidation sites excluding steroid dienone is 1. The number of amides is 1. The van der Waals surface area contributed by atoms with Crippen molar-refractivity contribution in [3.8, 4) is 0 Å². The molecule has 1 aromatic rings. The number of ketones is 1. The number of anilines is 2. The number of hydrogen-bond donors (Lipinski definition) is 0. The quantitative estimate of drug-likeness (QED) is 0.793. The van der Waals surface area contributed by atoms with Gasteiger partial charge in [0.25, 0.3) is 0 Å². The summed E-state index contributed by atoms with van der Waals surface area (Å²) in [6.45, 7) is 4.82. The van der Waals surface area contributed by atoms with Crippen LogP contribution in [0.5, 0.6) is 0 Å². The van der Waals surface area contributed by atoms with Crippen LogP contribution in [0.1, 0.15) is 20.8 Å². The van der Waals surface area contributed by atoms with Gasteiger partial charge in [-0.15, -0.1) is 0 Å². The van der Waals surface area contributed by atoms with E-state index in [2.05, 4.69) is 0 Å². The van der Waals surface area contributed by atoms with Crippen molar-refractivity contribution >= 4 is 23.1 Å². The molecule has 0 aliphatic carbocycles. The van der Waals surface area contributed by atoms with Crippen LogP contribution in [0.3, 0.4) is 0 Å². The summed E-state index contributed by atoms with van der Waals surface area (Å²) in [5.74, 6) is 0.449. The van der Waals surface area contributed by atoms with Crippen LogP contribution in [0.15, 0.2) is 35.6 Å². The molecule has 110 valence electrons. The van der Waals surface area contributed by atoms with Crippen molar-refractivity contribution in [3.63, 3.8) is 0 Å². The van der Waals surface area contributed by atoms with Gasteiger partial charge in [-0.2, -0.15) is 0 Å². The molecule has 1 amide bonds. The third-order valence-electron chi connectivity index (χ3n) is 4.14. The maximum Gasteiger partial charge on any atom is 0.224 e. The number of nitrogens with zero attached hydrogens (tertiary/aromatic N) is 2. The van der Waals surface area contributed by atoms with E-state index in [-0.39, 0.29) is 24.0 Å². The Hall–Kier alpha value is -2.30. The highest BCUT2D eigenvalue weighted by atomic mass is 16.5. The highest BCUT2D eigenvalue weighted by Crippen LogP contribution is 2.44. The normalized spacial score (nSPS) is 23.6. The Kier molecular flexibility index (Phi) is 3.01. The second-order valence-electron chi connectivity index (χ2n) is 5.47. The lowest BCUT2D eigenvalue weighted by atomic mass is 9.96. The highest BCUT2D eigenvalue weighted by Gasteiger charge is 2.48. The van der Waals surface area contributed by atoms with Crippen molar-refractivity contribution < 1.29 is 14.3 Å². The van der Waals surface area contributed by atoms with Crippen molar-refractivity contribution in [2.45, 2.75) is 33.0 Å². The van der Waals surface area contributed by atoms with Crippen LogP contribution in [-0.2, 0) is 14.3 Å². The number of carbonyl (C=O) groups excluding carboxylic acids is 2. The van der Waals surface area contributed by atoms with Crippen molar-refractivity contribution in [1.29, 1.82) is 0 Å². The zero-order chi connectivity index (χ0) is 15.3. The molecule has 0 saturated heterocycles. The molecule has 0 saturated carbocycles. The van der Waals surface area contributed by atoms with Gasteiger partial charge in [-0.05, 0) is 26.0 Å². The van der Waals surface area contributed by atoms with Crippen LogP contribution in [-0.4, -0.2) is 31.0 Å². The summed E-state index contributed by atoms with van der Waals surface area (Å²) < 4.78 is 5.88. The van der Waals surface area contributed by atoms with Crippen LogP contribution < -0.4 is 9.80 Å². The molecular weight excluding hydrogens is 268 g/mol. The molecule has 0 unspecified atom stereocenters. The van der Waals surface area contributed by atoms with Crippen molar-refractivity contribution in [2.24, 2.45) is 0 Å². The molecule has 2 aliphatic heterocycles. The first-order valence-electron chi connectivity index (χ1n) is 6.93. The summed E-state index contributed by atoms with van der Waals surface area (Å²) in [6, 6.07) is 7.28. The number of para-hydroxylation sites is 2. The van der Waals surface area contributed by atoms with Gasteiger partial charge in [-0.3, -0.25) is 14.5 Å². The van der Waals surface area contributed by atoms with E-state index in [0.717, 1.165) is 11.4 Å². The third kappa shape index (κ3) is 1.84. The Morgan fingerprint density at radius 1 is 1.14 bits per heavy atom. The average Bonchev–Trinajstić information content (AvgIpc) is 2.76. The van der Waals surface area contributed by atoms with Gasteiger partial charge in [0.15, 0.2) is 12.0 Å². The maximum absolute atomic E-state index is 12.2. The molecule has 5 heteroatoms. The van der Waals surface area contributed by atoms with Crippen molar-refractivity contribution in [3.05, 3.63) is 35.6 Å². The second-order valence-corrected chi connectivity index (χ2v) is 5.47. The standard InChI is InChI=1S/C16H18N2O3/c1-9(19)14-10(2)21-16-15(14)18(11(3)20)13-8-6-5-7-12(13)17(16)4/h5-8,15-16H,1-4H3/t15-,16+/m1/s1. The summed E-state index contributed by atoms with van der Waals surface area (Å²) in [4.78, 5) is 27.9. The molecule has 2 aliphatic rings. The van der Waals surface area contributed by atoms with E-state index in [0.29, 0.717) is 11.3 Å². The highest BCUT2D eigenvalue weighted by molar-refractivity contribution is 6.03. The minimum Gasteiger partial charge on any atom is -0.472 e. The topological polar surface area (TPSA) is 49.9 Å². The summed E-state index contributed by atoms with van der Waals surface area (Å²) in [7, 11) is 1.92. The molecule has 2 atom stereocenters. The van der Waals surface area contributed by atoms with Crippen LogP contribution in [0.2, 0.25) is 0 Å². The fourth-order valence-electron chi connectivity index (χ4n) is 3.28. The van der Waals surface area contributed by atoms with Gasteiger partial charge in [-0.25, -0.2) is 0 Å². The van der Waals surface area contributed by atoms with Gasteiger partial charge >= 0.3 is 0 Å². The van der Waals surface area contributed by atoms with Gasteiger partial charge in [0.2, 0.25) is 5.91 Å². The largest absolute Gasteiger partial charge is 0.472 e. The lowest BCUT2D eigenvalue weighted by Gasteiger charge is -2.43. The Bertz CT molecular complexity index is 665. The number of likely N-dealkylation sites (N-methyl/N-ethyl adjacent to an activating group) is 1. The number of rotatable bonds is 1. The van der Waals surface area contributed by atoms with Gasteiger partial charge in [0.05, 0.1) is 16.9 Å². The van der Waals surface area contributed by atoms with Crippen LogP contribution in [0.25, 0.3) is 0 Å². The average molecular weight is 286 g/mol. The Labute approximate surface area is 123 Å². The van der Waals surface area contributed by atoms with E-state index in [1.807, 2.05) is 36.2 Å². The SMILES string of the molecule is CC(=O)C1=C(C)O[C@H]2[C@@H]1N(C(C)=O)c1ccccc1N2C. The fourth-order valence-corrected chi connectivity index (χ4v) is 3.28. The molecule has 0 aromatic heterocycles. The molecule has 1 aromatic carbocycles.